The minimum absolute atomic E-state index is 0.239. The summed E-state index contributed by atoms with van der Waals surface area (Å²) < 4.78 is 40.9. The lowest BCUT2D eigenvalue weighted by Crippen LogP contribution is -2.16. The number of thiophene rings is 1. The third-order valence-corrected chi connectivity index (χ3v) is 6.65. The Balaban J connectivity index is 1.65. The summed E-state index contributed by atoms with van der Waals surface area (Å²) in [6, 6.07) is 13.5. The number of aryl methyl sites for hydroxylation is 2. The third kappa shape index (κ3) is 6.67. The number of carbonyl (C=O) groups excluding carboxylic acids is 1. The van der Waals surface area contributed by atoms with Gasteiger partial charge in [0.15, 0.2) is 5.75 Å². The van der Waals surface area contributed by atoms with Gasteiger partial charge in [0.25, 0.3) is 0 Å². The second-order valence-corrected chi connectivity index (χ2v) is 8.85. The number of alkyl halides is 3. The van der Waals surface area contributed by atoms with Crippen molar-refractivity contribution in [2.45, 2.75) is 37.8 Å². The van der Waals surface area contributed by atoms with E-state index in [1.807, 2.05) is 32.0 Å². The molecule has 164 valence electrons. The SMILES string of the molecule is CC(=O)OOc1ccc(SCc2sc(-c3ccc(OC(F)(F)F)cc3)cc2C)cc1C. The summed E-state index contributed by atoms with van der Waals surface area (Å²) >= 11 is 3.26. The molecule has 1 aromatic heterocycles. The maximum atomic E-state index is 12.3. The summed E-state index contributed by atoms with van der Waals surface area (Å²) in [5, 5.41) is 0. The normalized spacial score (nSPS) is 11.3. The zero-order chi connectivity index (χ0) is 22.6. The summed E-state index contributed by atoms with van der Waals surface area (Å²) in [4.78, 5) is 23.6. The number of carbonyl (C=O) groups is 1. The minimum atomic E-state index is -4.70. The van der Waals surface area contributed by atoms with Crippen LogP contribution in [0.3, 0.4) is 0 Å². The van der Waals surface area contributed by atoms with Crippen molar-refractivity contribution in [2.75, 3.05) is 0 Å². The second-order valence-electron chi connectivity index (χ2n) is 6.66. The number of hydrogen-bond donors (Lipinski definition) is 0. The number of halogens is 3. The molecular weight excluding hydrogens is 449 g/mol. The van der Waals surface area contributed by atoms with E-state index >= 15 is 0 Å². The summed E-state index contributed by atoms with van der Waals surface area (Å²) in [5.41, 5.74) is 2.80. The van der Waals surface area contributed by atoms with Crippen LogP contribution in [0.15, 0.2) is 53.4 Å². The van der Waals surface area contributed by atoms with E-state index in [9.17, 15) is 18.0 Å². The monoisotopic (exact) mass is 468 g/mol. The molecule has 0 radical (unpaired) electrons. The second kappa shape index (κ2) is 9.65. The molecular formula is C22H19F3O4S2. The van der Waals surface area contributed by atoms with Crippen molar-refractivity contribution in [1.82, 2.24) is 0 Å². The topological polar surface area (TPSA) is 44.8 Å². The van der Waals surface area contributed by atoms with Gasteiger partial charge in [-0.05, 0) is 79.1 Å². The van der Waals surface area contributed by atoms with Crippen LogP contribution in [0.25, 0.3) is 10.4 Å². The Hall–Kier alpha value is -2.65. The van der Waals surface area contributed by atoms with Gasteiger partial charge in [-0.15, -0.1) is 36.3 Å². The van der Waals surface area contributed by atoms with Gasteiger partial charge in [0, 0.05) is 27.3 Å². The van der Waals surface area contributed by atoms with E-state index in [0.29, 0.717) is 5.75 Å². The van der Waals surface area contributed by atoms with Crippen LogP contribution in [-0.2, 0) is 15.4 Å². The Morgan fingerprint density at radius 3 is 2.35 bits per heavy atom. The Kier molecular flexibility index (Phi) is 7.17. The van der Waals surface area contributed by atoms with E-state index in [4.69, 9.17) is 4.89 Å². The quantitative estimate of drug-likeness (QED) is 0.211. The molecule has 3 rings (SSSR count). The van der Waals surface area contributed by atoms with Crippen molar-refractivity contribution >= 4 is 29.1 Å². The molecule has 4 nitrogen and oxygen atoms in total. The van der Waals surface area contributed by atoms with Gasteiger partial charge < -0.3 is 4.74 Å². The Bertz CT molecular complexity index is 1060. The predicted molar refractivity (Wildman–Crippen MR) is 114 cm³/mol. The van der Waals surface area contributed by atoms with Crippen molar-refractivity contribution in [1.29, 1.82) is 0 Å². The molecule has 0 fully saturated rings. The fourth-order valence-electron chi connectivity index (χ4n) is 2.68. The highest BCUT2D eigenvalue weighted by atomic mass is 32.2. The molecule has 2 aromatic carbocycles. The molecule has 0 amide bonds. The standard InChI is InChI=1S/C22H19F3O4S2/c1-13-10-18(8-9-19(13)29-28-15(3)26)30-12-21-14(2)11-20(31-21)16-4-6-17(7-5-16)27-22(23,24)25/h4-11H,12H2,1-3H3. The molecule has 0 bridgehead atoms. The van der Waals surface area contributed by atoms with Crippen molar-refractivity contribution < 1.29 is 32.5 Å². The molecule has 0 atom stereocenters. The lowest BCUT2D eigenvalue weighted by Gasteiger charge is -2.08. The van der Waals surface area contributed by atoms with Crippen LogP contribution in [0, 0.1) is 13.8 Å². The first-order valence-corrected chi connectivity index (χ1v) is 10.9. The first kappa shape index (κ1) is 23.0. The van der Waals surface area contributed by atoms with Crippen LogP contribution in [0.2, 0.25) is 0 Å². The van der Waals surface area contributed by atoms with Crippen molar-refractivity contribution in [3.63, 3.8) is 0 Å². The van der Waals surface area contributed by atoms with Gasteiger partial charge >= 0.3 is 12.3 Å². The molecule has 0 aliphatic heterocycles. The molecule has 0 N–H and O–H groups in total. The van der Waals surface area contributed by atoms with Crippen molar-refractivity contribution in [2.24, 2.45) is 0 Å². The minimum Gasteiger partial charge on any atom is -0.406 e. The highest BCUT2D eigenvalue weighted by Gasteiger charge is 2.31. The van der Waals surface area contributed by atoms with Gasteiger partial charge in [-0.2, -0.15) is 0 Å². The van der Waals surface area contributed by atoms with E-state index < -0.39 is 12.3 Å². The number of ether oxygens (including phenoxy) is 1. The van der Waals surface area contributed by atoms with Crippen LogP contribution >= 0.6 is 23.1 Å². The van der Waals surface area contributed by atoms with E-state index in [1.165, 1.54) is 23.9 Å². The molecule has 31 heavy (non-hydrogen) atoms. The van der Waals surface area contributed by atoms with Gasteiger partial charge in [0.05, 0.1) is 0 Å². The van der Waals surface area contributed by atoms with Crippen molar-refractivity contribution in [3.05, 3.63) is 64.5 Å². The highest BCUT2D eigenvalue weighted by Crippen LogP contribution is 2.37. The Labute approximate surface area is 185 Å². The van der Waals surface area contributed by atoms with Crippen LogP contribution in [-0.4, -0.2) is 12.3 Å². The number of thioether (sulfide) groups is 1. The number of hydrogen-bond acceptors (Lipinski definition) is 6. The van der Waals surface area contributed by atoms with Crippen LogP contribution < -0.4 is 9.62 Å². The fraction of sp³-hybridized carbons (Fsp3) is 0.227. The molecule has 1 heterocycles. The van der Waals surface area contributed by atoms with E-state index in [2.05, 4.69) is 9.62 Å². The maximum absolute atomic E-state index is 12.3. The fourth-order valence-corrected chi connectivity index (χ4v) is 5.02. The van der Waals surface area contributed by atoms with E-state index in [-0.39, 0.29) is 5.75 Å². The Morgan fingerprint density at radius 1 is 1.03 bits per heavy atom. The number of rotatable bonds is 7. The van der Waals surface area contributed by atoms with Crippen LogP contribution in [0.1, 0.15) is 22.9 Å². The molecule has 3 aromatic rings. The van der Waals surface area contributed by atoms with Crippen LogP contribution in [0.4, 0.5) is 13.2 Å². The molecule has 0 spiro atoms. The molecule has 0 unspecified atom stereocenters. The summed E-state index contributed by atoms with van der Waals surface area (Å²) in [6.07, 6.45) is -4.70. The molecule has 0 aliphatic carbocycles. The lowest BCUT2D eigenvalue weighted by molar-refractivity contribution is -0.274. The van der Waals surface area contributed by atoms with Gasteiger partial charge in [-0.1, -0.05) is 0 Å². The predicted octanol–water partition coefficient (Wildman–Crippen LogP) is 7.08. The van der Waals surface area contributed by atoms with Gasteiger partial charge in [-0.25, -0.2) is 4.79 Å². The van der Waals surface area contributed by atoms with Gasteiger partial charge in [0.2, 0.25) is 0 Å². The summed E-state index contributed by atoms with van der Waals surface area (Å²) in [6.45, 7) is 5.14. The average molecular weight is 469 g/mol. The van der Waals surface area contributed by atoms with Gasteiger partial charge in [-0.3, -0.25) is 9.78 Å². The van der Waals surface area contributed by atoms with E-state index in [0.717, 1.165) is 32.2 Å². The Morgan fingerprint density at radius 2 is 1.74 bits per heavy atom. The molecule has 9 heteroatoms. The van der Waals surface area contributed by atoms with Crippen LogP contribution in [0.5, 0.6) is 11.5 Å². The number of benzene rings is 2. The molecule has 0 saturated heterocycles. The largest absolute Gasteiger partial charge is 0.573 e. The zero-order valence-electron chi connectivity index (χ0n) is 16.9. The van der Waals surface area contributed by atoms with E-state index in [1.54, 1.807) is 41.3 Å². The molecule has 0 aliphatic rings. The van der Waals surface area contributed by atoms with Crippen molar-refractivity contribution in [3.8, 4) is 21.9 Å². The summed E-state index contributed by atoms with van der Waals surface area (Å²) in [7, 11) is 0. The zero-order valence-corrected chi connectivity index (χ0v) is 18.5. The molecule has 0 saturated carbocycles. The summed E-state index contributed by atoms with van der Waals surface area (Å²) in [5.74, 6) is 0.461. The lowest BCUT2D eigenvalue weighted by atomic mass is 10.1. The first-order chi connectivity index (χ1) is 14.6. The van der Waals surface area contributed by atoms with Gasteiger partial charge in [0.1, 0.15) is 5.75 Å². The highest BCUT2D eigenvalue weighted by molar-refractivity contribution is 7.98. The smallest absolute Gasteiger partial charge is 0.406 e. The maximum Gasteiger partial charge on any atom is 0.573 e. The third-order valence-electron chi connectivity index (χ3n) is 4.16. The first-order valence-electron chi connectivity index (χ1n) is 9.15. The average Bonchev–Trinajstić information content (AvgIpc) is 3.05.